The highest BCUT2D eigenvalue weighted by atomic mass is 16.5. The number of aliphatic hydroxyl groups excluding tert-OH is 1. The third kappa shape index (κ3) is 9.77. The van der Waals surface area contributed by atoms with Crippen molar-refractivity contribution >= 4 is 11.7 Å². The number of hydrogen-bond acceptors (Lipinski definition) is 5. The van der Waals surface area contributed by atoms with Crippen molar-refractivity contribution in [3.05, 3.63) is 95.6 Å². The number of rotatable bonds is 12. The molecule has 0 aliphatic heterocycles. The van der Waals surface area contributed by atoms with Crippen LogP contribution in [0.1, 0.15) is 29.0 Å². The van der Waals surface area contributed by atoms with E-state index in [1.807, 2.05) is 93.0 Å². The predicted octanol–water partition coefficient (Wildman–Crippen LogP) is 4.23. The van der Waals surface area contributed by atoms with E-state index in [1.165, 1.54) is 0 Å². The molecule has 7 heteroatoms. The van der Waals surface area contributed by atoms with E-state index in [-0.39, 0.29) is 24.5 Å². The van der Waals surface area contributed by atoms with Crippen molar-refractivity contribution in [1.29, 1.82) is 0 Å². The van der Waals surface area contributed by atoms with E-state index in [4.69, 9.17) is 10.5 Å². The maximum atomic E-state index is 13.5. The van der Waals surface area contributed by atoms with Gasteiger partial charge in [0.05, 0.1) is 13.7 Å². The first-order valence-corrected chi connectivity index (χ1v) is 13.2. The molecule has 206 valence electrons. The van der Waals surface area contributed by atoms with Crippen LogP contribution >= 0.6 is 0 Å². The fourth-order valence-electron chi connectivity index (χ4n) is 4.46. The van der Waals surface area contributed by atoms with Crippen molar-refractivity contribution in [2.45, 2.75) is 12.3 Å². The highest BCUT2D eigenvalue weighted by Gasteiger charge is 2.24. The first-order valence-electron chi connectivity index (χ1n) is 13.2. The van der Waals surface area contributed by atoms with E-state index in [2.05, 4.69) is 22.1 Å². The second-order valence-electron chi connectivity index (χ2n) is 9.89. The normalized spacial score (nSPS) is 12.3. The Morgan fingerprint density at radius 3 is 2.13 bits per heavy atom. The number of nitrogens with one attached hydrogen (secondary N) is 1. The fraction of sp³-hybridized carbons (Fsp3) is 0.344. The summed E-state index contributed by atoms with van der Waals surface area (Å²) in [6.45, 7) is 2.15. The number of ether oxygens (including phenoxy) is 1. The predicted molar refractivity (Wildman–Crippen MR) is 158 cm³/mol. The summed E-state index contributed by atoms with van der Waals surface area (Å²) in [7, 11) is 5.64. The van der Waals surface area contributed by atoms with E-state index >= 15 is 0 Å². The smallest absolute Gasteiger partial charge is 0.321 e. The number of amides is 2. The number of carbonyl (C=O) groups excluding carboxylic acids is 1. The van der Waals surface area contributed by atoms with Gasteiger partial charge in [0.1, 0.15) is 5.75 Å². The van der Waals surface area contributed by atoms with Gasteiger partial charge in [0, 0.05) is 42.4 Å². The van der Waals surface area contributed by atoms with Crippen LogP contribution < -0.4 is 15.8 Å². The number of nitrogens with zero attached hydrogens (tertiary/aromatic N) is 2. The Labute approximate surface area is 232 Å². The lowest BCUT2D eigenvalue weighted by Crippen LogP contribution is -2.43. The molecule has 0 spiro atoms. The summed E-state index contributed by atoms with van der Waals surface area (Å²) < 4.78 is 5.22. The molecule has 0 saturated carbocycles. The maximum Gasteiger partial charge on any atom is 0.321 e. The van der Waals surface area contributed by atoms with Crippen LogP contribution in [0, 0.1) is 17.8 Å². The number of methoxy groups -OCH3 is 1. The van der Waals surface area contributed by atoms with Crippen LogP contribution in [0.15, 0.2) is 78.9 Å². The number of anilines is 1. The van der Waals surface area contributed by atoms with Crippen molar-refractivity contribution in [1.82, 2.24) is 9.80 Å². The minimum Gasteiger partial charge on any atom is -0.497 e. The Balaban J connectivity index is 1.78. The summed E-state index contributed by atoms with van der Waals surface area (Å²) in [4.78, 5) is 17.4. The van der Waals surface area contributed by atoms with Crippen LogP contribution in [0.3, 0.4) is 0 Å². The number of carbonyl (C=O) groups is 1. The molecule has 0 heterocycles. The molecule has 7 nitrogen and oxygen atoms in total. The SMILES string of the molecule is COc1ccc(NC(=O)N(CC(CCN)CN(C)C)C[C@H](CO)c2ccc(C#Cc3ccccc3)cc2)cc1. The summed E-state index contributed by atoms with van der Waals surface area (Å²) >= 11 is 0. The number of hydrogen-bond donors (Lipinski definition) is 3. The highest BCUT2D eigenvalue weighted by Crippen LogP contribution is 2.21. The first-order chi connectivity index (χ1) is 18.9. The van der Waals surface area contributed by atoms with Crippen LogP contribution in [0.4, 0.5) is 10.5 Å². The third-order valence-corrected chi connectivity index (χ3v) is 6.47. The standard InChI is InChI=1S/C32H40N4O3/c1-35(2)21-27(19-20-33)22-36(32(38)34-30-15-17-31(39-3)18-16-30)23-29(24-37)28-13-11-26(12-14-28)10-9-25-7-5-4-6-8-25/h4-8,11-18,27,29,37H,19-24,33H2,1-3H3,(H,34,38)/t27?,29-/m1/s1. The zero-order valence-corrected chi connectivity index (χ0v) is 23.1. The van der Waals surface area contributed by atoms with Crippen molar-refractivity contribution in [2.24, 2.45) is 11.7 Å². The summed E-state index contributed by atoms with van der Waals surface area (Å²) in [5.41, 5.74) is 9.38. The van der Waals surface area contributed by atoms with Gasteiger partial charge in [0.15, 0.2) is 0 Å². The minimum absolute atomic E-state index is 0.0867. The van der Waals surface area contributed by atoms with Crippen molar-refractivity contribution in [2.75, 3.05) is 59.3 Å². The second-order valence-corrected chi connectivity index (χ2v) is 9.89. The van der Waals surface area contributed by atoms with Gasteiger partial charge in [-0.3, -0.25) is 0 Å². The number of aliphatic hydroxyl groups is 1. The molecular weight excluding hydrogens is 488 g/mol. The Kier molecular flexibility index (Phi) is 11.9. The van der Waals surface area contributed by atoms with Crippen molar-refractivity contribution in [3.8, 4) is 17.6 Å². The summed E-state index contributed by atoms with van der Waals surface area (Å²) in [5, 5.41) is 13.3. The molecule has 0 radical (unpaired) electrons. The van der Waals surface area contributed by atoms with Gasteiger partial charge in [0.2, 0.25) is 0 Å². The lowest BCUT2D eigenvalue weighted by Gasteiger charge is -2.32. The Morgan fingerprint density at radius 1 is 0.923 bits per heavy atom. The van der Waals surface area contributed by atoms with Gasteiger partial charge in [-0.25, -0.2) is 4.79 Å². The molecule has 2 atom stereocenters. The Hall–Kier alpha value is -3.83. The van der Waals surface area contributed by atoms with Gasteiger partial charge >= 0.3 is 6.03 Å². The zero-order valence-electron chi connectivity index (χ0n) is 23.1. The van der Waals surface area contributed by atoms with Crippen LogP contribution in [0.5, 0.6) is 5.75 Å². The van der Waals surface area contributed by atoms with Crippen molar-refractivity contribution < 1.29 is 14.6 Å². The van der Waals surface area contributed by atoms with E-state index in [1.54, 1.807) is 12.0 Å². The number of nitrogens with two attached hydrogens (primary N) is 1. The van der Waals surface area contributed by atoms with E-state index in [9.17, 15) is 9.90 Å². The molecule has 3 aromatic carbocycles. The third-order valence-electron chi connectivity index (χ3n) is 6.47. The number of urea groups is 1. The molecule has 0 bridgehead atoms. The van der Waals surface area contributed by atoms with E-state index in [0.29, 0.717) is 25.3 Å². The molecular formula is C32H40N4O3. The molecule has 0 aliphatic carbocycles. The average Bonchev–Trinajstić information content (AvgIpc) is 2.95. The van der Waals surface area contributed by atoms with Crippen LogP contribution in [-0.4, -0.2) is 74.9 Å². The fourth-order valence-corrected chi connectivity index (χ4v) is 4.46. The van der Waals surface area contributed by atoms with Crippen LogP contribution in [0.25, 0.3) is 0 Å². The topological polar surface area (TPSA) is 91.1 Å². The lowest BCUT2D eigenvalue weighted by atomic mass is 9.97. The quantitative estimate of drug-likeness (QED) is 0.306. The van der Waals surface area contributed by atoms with Gasteiger partial charge in [-0.05, 0) is 87.1 Å². The van der Waals surface area contributed by atoms with Gasteiger partial charge in [-0.2, -0.15) is 0 Å². The van der Waals surface area contributed by atoms with Gasteiger partial charge < -0.3 is 30.7 Å². The highest BCUT2D eigenvalue weighted by molar-refractivity contribution is 5.89. The molecule has 0 saturated heterocycles. The zero-order chi connectivity index (χ0) is 28.0. The van der Waals surface area contributed by atoms with Gasteiger partial charge in [0.25, 0.3) is 0 Å². The second kappa shape index (κ2) is 15.6. The van der Waals surface area contributed by atoms with Crippen LogP contribution in [-0.2, 0) is 0 Å². The molecule has 0 aliphatic rings. The van der Waals surface area contributed by atoms with Gasteiger partial charge in [-0.15, -0.1) is 0 Å². The molecule has 4 N–H and O–H groups in total. The Morgan fingerprint density at radius 2 is 1.56 bits per heavy atom. The maximum absolute atomic E-state index is 13.5. The first kappa shape index (κ1) is 29.7. The summed E-state index contributed by atoms with van der Waals surface area (Å²) in [6, 6.07) is 24.7. The van der Waals surface area contributed by atoms with E-state index in [0.717, 1.165) is 35.4 Å². The summed E-state index contributed by atoms with van der Waals surface area (Å²) in [6.07, 6.45) is 0.795. The Bertz CT molecular complexity index is 1200. The largest absolute Gasteiger partial charge is 0.497 e. The van der Waals surface area contributed by atoms with Gasteiger partial charge in [-0.1, -0.05) is 42.2 Å². The molecule has 2 amide bonds. The van der Waals surface area contributed by atoms with E-state index < -0.39 is 0 Å². The van der Waals surface area contributed by atoms with Crippen LogP contribution in [0.2, 0.25) is 0 Å². The molecule has 39 heavy (non-hydrogen) atoms. The monoisotopic (exact) mass is 528 g/mol. The average molecular weight is 529 g/mol. The molecule has 1 unspecified atom stereocenters. The minimum atomic E-state index is -0.249. The molecule has 3 rings (SSSR count). The molecule has 0 aromatic heterocycles. The molecule has 0 fully saturated rings. The number of benzene rings is 3. The van der Waals surface area contributed by atoms with Crippen molar-refractivity contribution in [3.63, 3.8) is 0 Å². The lowest BCUT2D eigenvalue weighted by molar-refractivity contribution is 0.171. The molecule has 3 aromatic rings. The summed E-state index contributed by atoms with van der Waals surface area (Å²) in [5.74, 6) is 7.02.